The van der Waals surface area contributed by atoms with Gasteiger partial charge in [0.2, 0.25) is 5.91 Å². The summed E-state index contributed by atoms with van der Waals surface area (Å²) >= 11 is 0. The van der Waals surface area contributed by atoms with Crippen LogP contribution in [-0.2, 0) is 4.79 Å². The van der Waals surface area contributed by atoms with Crippen molar-refractivity contribution in [3.8, 4) is 5.75 Å². The van der Waals surface area contributed by atoms with E-state index in [0.29, 0.717) is 44.8 Å². The Morgan fingerprint density at radius 2 is 1.80 bits per heavy atom. The van der Waals surface area contributed by atoms with Crippen LogP contribution in [0, 0.1) is 0 Å². The molecule has 0 spiro atoms. The summed E-state index contributed by atoms with van der Waals surface area (Å²) in [5.41, 5.74) is 0.427. The van der Waals surface area contributed by atoms with Gasteiger partial charge >= 0.3 is 6.61 Å². The second-order valence-electron chi connectivity index (χ2n) is 5.82. The van der Waals surface area contributed by atoms with E-state index in [9.17, 15) is 18.4 Å². The molecule has 1 aromatic rings. The number of hydrogen-bond donors (Lipinski definition) is 1. The molecule has 1 aliphatic rings. The molecule has 2 amide bonds. The molecule has 1 aromatic carbocycles. The molecule has 138 valence electrons. The third kappa shape index (κ3) is 5.97. The molecule has 0 aromatic heterocycles. The molecule has 1 saturated heterocycles. The number of amides is 2. The number of benzene rings is 1. The number of ether oxygens (including phenoxy) is 1. The largest absolute Gasteiger partial charge is 0.435 e. The van der Waals surface area contributed by atoms with Gasteiger partial charge in [0.1, 0.15) is 5.75 Å². The second kappa shape index (κ2) is 9.31. The zero-order chi connectivity index (χ0) is 18.2. The molecule has 1 aliphatic heterocycles. The zero-order valence-corrected chi connectivity index (χ0v) is 14.2. The van der Waals surface area contributed by atoms with Crippen molar-refractivity contribution >= 4 is 11.8 Å². The van der Waals surface area contributed by atoms with Crippen LogP contribution in [0.3, 0.4) is 0 Å². The summed E-state index contributed by atoms with van der Waals surface area (Å²) in [6, 6.07) is 5.66. The van der Waals surface area contributed by atoms with E-state index in [-0.39, 0.29) is 17.6 Å². The monoisotopic (exact) mass is 355 g/mol. The van der Waals surface area contributed by atoms with E-state index in [1.807, 2.05) is 11.8 Å². The van der Waals surface area contributed by atoms with Crippen molar-refractivity contribution in [1.82, 2.24) is 15.1 Å². The molecule has 0 atom stereocenters. The minimum absolute atomic E-state index is 0.00348. The third-order valence-corrected chi connectivity index (χ3v) is 3.93. The van der Waals surface area contributed by atoms with Gasteiger partial charge in [-0.3, -0.25) is 14.5 Å². The first-order valence-electron chi connectivity index (χ1n) is 8.32. The van der Waals surface area contributed by atoms with Crippen molar-refractivity contribution in [2.24, 2.45) is 0 Å². The second-order valence-corrected chi connectivity index (χ2v) is 5.82. The van der Waals surface area contributed by atoms with Crippen LogP contribution in [0.5, 0.6) is 5.75 Å². The maximum absolute atomic E-state index is 12.4. The van der Waals surface area contributed by atoms with Crippen LogP contribution >= 0.6 is 0 Å². The minimum atomic E-state index is -2.89. The van der Waals surface area contributed by atoms with Crippen molar-refractivity contribution < 1.29 is 23.1 Å². The van der Waals surface area contributed by atoms with Gasteiger partial charge in [0, 0.05) is 38.3 Å². The maximum Gasteiger partial charge on any atom is 0.387 e. The predicted molar refractivity (Wildman–Crippen MR) is 88.7 cm³/mol. The summed E-state index contributed by atoms with van der Waals surface area (Å²) in [6.07, 6.45) is 0.898. The van der Waals surface area contributed by atoms with E-state index in [4.69, 9.17) is 0 Å². The van der Waals surface area contributed by atoms with Crippen molar-refractivity contribution in [2.75, 3.05) is 39.3 Å². The number of alkyl halides is 2. The molecule has 25 heavy (non-hydrogen) atoms. The Labute approximate surface area is 145 Å². The number of piperazine rings is 1. The molecule has 1 fully saturated rings. The summed E-state index contributed by atoms with van der Waals surface area (Å²) in [5.74, 6) is -0.135. The summed E-state index contributed by atoms with van der Waals surface area (Å²) in [6.45, 7) is 2.41. The fourth-order valence-corrected chi connectivity index (χ4v) is 2.59. The smallest absolute Gasteiger partial charge is 0.387 e. The molecule has 1 heterocycles. The fourth-order valence-electron chi connectivity index (χ4n) is 2.59. The van der Waals surface area contributed by atoms with E-state index < -0.39 is 6.61 Å². The van der Waals surface area contributed by atoms with Crippen molar-refractivity contribution in [2.45, 2.75) is 20.0 Å². The molecular formula is C17H23F2N3O3. The molecule has 0 bridgehead atoms. The first-order chi connectivity index (χ1) is 12.0. The van der Waals surface area contributed by atoms with Gasteiger partial charge < -0.3 is 15.0 Å². The topological polar surface area (TPSA) is 61.9 Å². The Kier molecular flexibility index (Phi) is 7.12. The molecular weight excluding hydrogens is 332 g/mol. The van der Waals surface area contributed by atoms with Gasteiger partial charge in [-0.1, -0.05) is 6.92 Å². The van der Waals surface area contributed by atoms with Gasteiger partial charge in [-0.05, 0) is 30.7 Å². The molecule has 6 nitrogen and oxygen atoms in total. The highest BCUT2D eigenvalue weighted by atomic mass is 19.3. The number of carbonyl (C=O) groups is 2. The van der Waals surface area contributed by atoms with Crippen LogP contribution in [0.2, 0.25) is 0 Å². The quantitative estimate of drug-likeness (QED) is 0.807. The van der Waals surface area contributed by atoms with Crippen molar-refractivity contribution in [1.29, 1.82) is 0 Å². The van der Waals surface area contributed by atoms with Crippen LogP contribution in [0.1, 0.15) is 23.7 Å². The van der Waals surface area contributed by atoms with Crippen molar-refractivity contribution in [3.63, 3.8) is 0 Å². The van der Waals surface area contributed by atoms with E-state index in [1.54, 1.807) is 4.90 Å². The van der Waals surface area contributed by atoms with E-state index >= 15 is 0 Å². The highest BCUT2D eigenvalue weighted by Crippen LogP contribution is 2.16. The molecule has 0 saturated carbocycles. The number of nitrogens with zero attached hydrogens (tertiary/aromatic N) is 2. The van der Waals surface area contributed by atoms with Crippen LogP contribution in [0.25, 0.3) is 0 Å². The van der Waals surface area contributed by atoms with E-state index in [0.717, 1.165) is 6.42 Å². The van der Waals surface area contributed by atoms with Crippen LogP contribution in [0.4, 0.5) is 8.78 Å². The first-order valence-corrected chi connectivity index (χ1v) is 8.32. The van der Waals surface area contributed by atoms with Crippen molar-refractivity contribution in [3.05, 3.63) is 29.8 Å². The number of rotatable bonds is 7. The Morgan fingerprint density at radius 1 is 1.16 bits per heavy atom. The Hall–Kier alpha value is -2.22. The van der Waals surface area contributed by atoms with Crippen LogP contribution < -0.4 is 10.1 Å². The fraction of sp³-hybridized carbons (Fsp3) is 0.529. The SMILES string of the molecule is CCCNC(=O)CN1CCN(C(=O)c2ccc(OC(F)F)cc2)CC1. The molecule has 2 rings (SSSR count). The number of hydrogen-bond acceptors (Lipinski definition) is 4. The van der Waals surface area contributed by atoms with Gasteiger partial charge in [-0.2, -0.15) is 8.78 Å². The average Bonchev–Trinajstić information content (AvgIpc) is 2.60. The summed E-state index contributed by atoms with van der Waals surface area (Å²) in [4.78, 5) is 27.9. The lowest BCUT2D eigenvalue weighted by Crippen LogP contribution is -2.51. The zero-order valence-electron chi connectivity index (χ0n) is 14.2. The Balaban J connectivity index is 1.81. The molecule has 8 heteroatoms. The lowest BCUT2D eigenvalue weighted by molar-refractivity contribution is -0.122. The Bertz CT molecular complexity index is 573. The molecule has 0 unspecified atom stereocenters. The third-order valence-electron chi connectivity index (χ3n) is 3.93. The number of halogens is 2. The number of nitrogens with one attached hydrogen (secondary N) is 1. The minimum Gasteiger partial charge on any atom is -0.435 e. The average molecular weight is 355 g/mol. The van der Waals surface area contributed by atoms with Gasteiger partial charge in [-0.25, -0.2) is 0 Å². The summed E-state index contributed by atoms with van der Waals surface area (Å²) in [5, 5.41) is 2.83. The lowest BCUT2D eigenvalue weighted by atomic mass is 10.1. The van der Waals surface area contributed by atoms with Crippen LogP contribution in [-0.4, -0.2) is 67.5 Å². The lowest BCUT2D eigenvalue weighted by Gasteiger charge is -2.34. The molecule has 1 N–H and O–H groups in total. The molecule has 0 aliphatic carbocycles. The summed E-state index contributed by atoms with van der Waals surface area (Å²) < 4.78 is 28.5. The highest BCUT2D eigenvalue weighted by Gasteiger charge is 2.23. The highest BCUT2D eigenvalue weighted by molar-refractivity contribution is 5.94. The van der Waals surface area contributed by atoms with Gasteiger partial charge in [0.25, 0.3) is 5.91 Å². The van der Waals surface area contributed by atoms with E-state index in [1.165, 1.54) is 24.3 Å². The Morgan fingerprint density at radius 3 is 2.36 bits per heavy atom. The number of carbonyl (C=O) groups excluding carboxylic acids is 2. The first kappa shape index (κ1) is 19.1. The van der Waals surface area contributed by atoms with Gasteiger partial charge in [0.15, 0.2) is 0 Å². The van der Waals surface area contributed by atoms with E-state index in [2.05, 4.69) is 10.1 Å². The van der Waals surface area contributed by atoms with Gasteiger partial charge in [-0.15, -0.1) is 0 Å². The normalized spacial score (nSPS) is 15.3. The molecule has 0 radical (unpaired) electrons. The van der Waals surface area contributed by atoms with Gasteiger partial charge in [0.05, 0.1) is 6.54 Å². The predicted octanol–water partition coefficient (Wildman–Crippen LogP) is 1.57. The van der Waals surface area contributed by atoms with Crippen LogP contribution in [0.15, 0.2) is 24.3 Å². The standard InChI is InChI=1S/C17H23F2N3O3/c1-2-7-20-15(23)12-21-8-10-22(11-9-21)16(24)13-3-5-14(6-4-13)25-17(18)19/h3-6,17H,2,7-12H2,1H3,(H,20,23). The summed E-state index contributed by atoms with van der Waals surface area (Å²) in [7, 11) is 0. The maximum atomic E-state index is 12.4.